The van der Waals surface area contributed by atoms with Crippen molar-refractivity contribution in [2.24, 2.45) is 0 Å². The minimum atomic E-state index is -0.477. The van der Waals surface area contributed by atoms with Gasteiger partial charge in [-0.25, -0.2) is 0 Å². The third-order valence-electron chi connectivity index (χ3n) is 1.12. The molecule has 10 heavy (non-hydrogen) atoms. The van der Waals surface area contributed by atoms with Crippen LogP contribution in [-0.4, -0.2) is 6.54 Å². The highest BCUT2D eigenvalue weighted by Crippen LogP contribution is 1.92. The van der Waals surface area contributed by atoms with Crippen LogP contribution in [0.1, 0.15) is 0 Å². The van der Waals surface area contributed by atoms with E-state index >= 15 is 0 Å². The fraction of sp³-hybridized carbons (Fsp3) is 0.143. The zero-order chi connectivity index (χ0) is 7.56. The fourth-order valence-electron chi connectivity index (χ4n) is 0.595. The summed E-state index contributed by atoms with van der Waals surface area (Å²) in [5, 5.41) is 2.60. The molecular weight excluding hydrogens is 130 g/mol. The van der Waals surface area contributed by atoms with Crippen molar-refractivity contribution < 1.29 is 0 Å². The van der Waals surface area contributed by atoms with E-state index in [2.05, 4.69) is 11.2 Å². The Morgan fingerprint density at radius 3 is 2.70 bits per heavy atom. The van der Waals surface area contributed by atoms with Crippen molar-refractivity contribution in [3.05, 3.63) is 26.5 Å². The van der Waals surface area contributed by atoms with Crippen LogP contribution in [-0.2, 0) is 0 Å². The predicted molar refractivity (Wildman–Crippen MR) is 38.7 cm³/mol. The quantitative estimate of drug-likeness (QED) is 0.432. The van der Waals surface area contributed by atoms with Gasteiger partial charge in [0.1, 0.15) is 0 Å². The molecule has 0 spiro atoms. The van der Waals surface area contributed by atoms with Crippen LogP contribution in [0.2, 0.25) is 0 Å². The van der Waals surface area contributed by atoms with Gasteiger partial charge in [-0.1, -0.05) is 5.92 Å². The second-order valence-electron chi connectivity index (χ2n) is 1.81. The van der Waals surface area contributed by atoms with Gasteiger partial charge in [-0.3, -0.25) is 9.59 Å². The molecule has 0 aromatic heterocycles. The molecule has 0 aliphatic rings. The van der Waals surface area contributed by atoms with Gasteiger partial charge in [0.25, 0.3) is 0 Å². The molecule has 0 aliphatic heterocycles. The van der Waals surface area contributed by atoms with E-state index in [0.29, 0.717) is 5.69 Å². The monoisotopic (exact) mass is 135 g/mol. The molecule has 1 aromatic rings. The predicted octanol–water partition coefficient (Wildman–Crippen LogP) is -0.672. The van der Waals surface area contributed by atoms with Crippen molar-refractivity contribution in [2.75, 3.05) is 11.9 Å². The van der Waals surface area contributed by atoms with Crippen LogP contribution in [0, 0.1) is 12.3 Å². The highest BCUT2D eigenvalue weighted by molar-refractivity contribution is 5.47. The summed E-state index contributed by atoms with van der Waals surface area (Å²) in [6.07, 6.45) is 4.90. The molecule has 50 valence electrons. The summed E-state index contributed by atoms with van der Waals surface area (Å²) in [4.78, 5) is 20.8. The number of hydrogen-bond donors (Lipinski definition) is 1. The maximum atomic E-state index is 10.5. The Balaban J connectivity index is 2.66. The van der Waals surface area contributed by atoms with Gasteiger partial charge in [-0.05, 0) is 0 Å². The van der Waals surface area contributed by atoms with Crippen molar-refractivity contribution in [1.82, 2.24) is 0 Å². The smallest absolute Gasteiger partial charge is 0.248 e. The molecule has 1 aromatic carbocycles. The first-order valence-corrected chi connectivity index (χ1v) is 2.73. The highest BCUT2D eigenvalue weighted by atomic mass is 16.2. The number of terminal acetylenes is 1. The van der Waals surface area contributed by atoms with Crippen molar-refractivity contribution in [1.29, 1.82) is 0 Å². The first kappa shape index (κ1) is 6.56. The van der Waals surface area contributed by atoms with Crippen LogP contribution < -0.4 is 16.2 Å². The Hall–Kier alpha value is -1.56. The third-order valence-corrected chi connectivity index (χ3v) is 1.12. The molecule has 0 saturated carbocycles. The molecule has 3 nitrogen and oxygen atoms in total. The zero-order valence-electron chi connectivity index (χ0n) is 5.18. The Morgan fingerprint density at radius 1 is 1.60 bits per heavy atom. The Kier molecular flexibility index (Phi) is 1.55. The van der Waals surface area contributed by atoms with E-state index in [0.717, 1.165) is 0 Å². The molecule has 0 fully saturated rings. The molecule has 3 heteroatoms. The highest BCUT2D eigenvalue weighted by Gasteiger charge is 2.06. The molecule has 1 N–H and O–H groups in total. The first-order chi connectivity index (χ1) is 4.75. The van der Waals surface area contributed by atoms with Gasteiger partial charge in [-0.2, -0.15) is 0 Å². The van der Waals surface area contributed by atoms with E-state index in [9.17, 15) is 9.59 Å². The number of nitrogens with one attached hydrogen (secondary N) is 1. The van der Waals surface area contributed by atoms with E-state index < -0.39 is 10.9 Å². The summed E-state index contributed by atoms with van der Waals surface area (Å²) in [5.41, 5.74) is -0.613. The van der Waals surface area contributed by atoms with Crippen LogP contribution in [0.25, 0.3) is 0 Å². The average Bonchev–Trinajstić information content (AvgIpc) is 1.97. The van der Waals surface area contributed by atoms with E-state index in [1.807, 2.05) is 0 Å². The van der Waals surface area contributed by atoms with Crippen LogP contribution >= 0.6 is 0 Å². The maximum absolute atomic E-state index is 10.5. The SMILES string of the molecule is C#CCNc1cc(=O)c1=O. The summed E-state index contributed by atoms with van der Waals surface area (Å²) < 4.78 is 0. The molecule has 1 rings (SSSR count). The van der Waals surface area contributed by atoms with Gasteiger partial charge in [0, 0.05) is 6.07 Å². The molecule has 0 heterocycles. The van der Waals surface area contributed by atoms with Crippen LogP contribution in [0.4, 0.5) is 5.69 Å². The van der Waals surface area contributed by atoms with Crippen LogP contribution in [0.5, 0.6) is 0 Å². The molecule has 0 atom stereocenters. The third kappa shape index (κ3) is 0.914. The Bertz CT molecular complexity index is 339. The minimum Gasteiger partial charge on any atom is -0.371 e. The van der Waals surface area contributed by atoms with Gasteiger partial charge in [0.05, 0.1) is 12.2 Å². The Labute approximate surface area is 57.4 Å². The van der Waals surface area contributed by atoms with Gasteiger partial charge < -0.3 is 5.32 Å². The fourth-order valence-corrected chi connectivity index (χ4v) is 0.595. The summed E-state index contributed by atoms with van der Waals surface area (Å²) in [7, 11) is 0. The first-order valence-electron chi connectivity index (χ1n) is 2.73. The molecular formula is C7H5NO2. The van der Waals surface area contributed by atoms with Crippen molar-refractivity contribution in [3.8, 4) is 12.3 Å². The number of hydrogen-bond acceptors (Lipinski definition) is 3. The molecule has 0 unspecified atom stereocenters. The minimum absolute atomic E-state index is 0.283. The van der Waals surface area contributed by atoms with Gasteiger partial charge >= 0.3 is 0 Å². The Morgan fingerprint density at radius 2 is 2.30 bits per heavy atom. The van der Waals surface area contributed by atoms with Crippen molar-refractivity contribution in [2.45, 2.75) is 0 Å². The number of anilines is 1. The van der Waals surface area contributed by atoms with E-state index in [1.165, 1.54) is 6.07 Å². The van der Waals surface area contributed by atoms with E-state index in [-0.39, 0.29) is 6.54 Å². The molecule has 0 amide bonds. The lowest BCUT2D eigenvalue weighted by Crippen LogP contribution is -2.32. The lowest BCUT2D eigenvalue weighted by atomic mass is 10.2. The van der Waals surface area contributed by atoms with Gasteiger partial charge in [0.15, 0.2) is 0 Å². The van der Waals surface area contributed by atoms with Crippen LogP contribution in [0.15, 0.2) is 15.7 Å². The number of rotatable bonds is 2. The molecule has 0 radical (unpaired) electrons. The second-order valence-corrected chi connectivity index (χ2v) is 1.81. The largest absolute Gasteiger partial charge is 0.371 e. The van der Waals surface area contributed by atoms with E-state index in [1.54, 1.807) is 0 Å². The van der Waals surface area contributed by atoms with Crippen molar-refractivity contribution in [3.63, 3.8) is 0 Å². The lowest BCUT2D eigenvalue weighted by molar-refractivity contribution is 1.30. The zero-order valence-corrected chi connectivity index (χ0v) is 5.18. The molecule has 0 saturated heterocycles. The summed E-state index contributed by atoms with van der Waals surface area (Å²) in [6, 6.07) is 1.24. The van der Waals surface area contributed by atoms with E-state index in [4.69, 9.17) is 6.42 Å². The van der Waals surface area contributed by atoms with Crippen LogP contribution in [0.3, 0.4) is 0 Å². The van der Waals surface area contributed by atoms with Gasteiger partial charge in [0.2, 0.25) is 10.9 Å². The van der Waals surface area contributed by atoms with Gasteiger partial charge in [-0.15, -0.1) is 6.42 Å². The molecule has 0 aliphatic carbocycles. The normalized spacial score (nSPS) is 9.10. The lowest BCUT2D eigenvalue weighted by Gasteiger charge is -1.99. The summed E-state index contributed by atoms with van der Waals surface area (Å²) in [6.45, 7) is 0.283. The maximum Gasteiger partial charge on any atom is 0.248 e. The van der Waals surface area contributed by atoms with Crippen molar-refractivity contribution >= 4 is 5.69 Å². The summed E-state index contributed by atoms with van der Waals surface area (Å²) >= 11 is 0. The topological polar surface area (TPSA) is 46.2 Å². The summed E-state index contributed by atoms with van der Waals surface area (Å²) in [5.74, 6) is 2.29. The average molecular weight is 135 g/mol. The molecule has 0 bridgehead atoms. The standard InChI is InChI=1S/C7H5NO2/c1-2-3-8-5-4-6(9)7(5)10/h1,4,8H,3H2. The second kappa shape index (κ2) is 2.36.